The third-order valence-electron chi connectivity index (χ3n) is 2.48. The van der Waals surface area contributed by atoms with Crippen molar-refractivity contribution >= 4 is 17.4 Å². The van der Waals surface area contributed by atoms with Gasteiger partial charge in [0.05, 0.1) is 6.04 Å². The van der Waals surface area contributed by atoms with Crippen LogP contribution in [-0.4, -0.2) is 17.4 Å². The van der Waals surface area contributed by atoms with E-state index in [9.17, 15) is 4.79 Å². The molecule has 0 aromatic rings. The average molecular weight is 242 g/mol. The van der Waals surface area contributed by atoms with Gasteiger partial charge in [-0.25, -0.2) is 0 Å². The molecule has 0 heterocycles. The quantitative estimate of drug-likeness (QED) is 0.823. The normalized spacial score (nSPS) is 22.8. The SMILES string of the molecule is C[C@H](NC(C)(C)C)C(=O)[C@H]1C=CC=C(Cl)C1. The summed E-state index contributed by atoms with van der Waals surface area (Å²) in [6.07, 6.45) is 6.26. The van der Waals surface area contributed by atoms with E-state index in [4.69, 9.17) is 11.6 Å². The van der Waals surface area contributed by atoms with Gasteiger partial charge < -0.3 is 5.32 Å². The topological polar surface area (TPSA) is 29.1 Å². The largest absolute Gasteiger partial charge is 0.303 e. The van der Waals surface area contributed by atoms with Gasteiger partial charge in [0.2, 0.25) is 0 Å². The Bertz CT molecular complexity index is 325. The lowest BCUT2D eigenvalue weighted by Gasteiger charge is -2.27. The van der Waals surface area contributed by atoms with Crippen LogP contribution in [-0.2, 0) is 4.79 Å². The number of carbonyl (C=O) groups is 1. The monoisotopic (exact) mass is 241 g/mol. The van der Waals surface area contributed by atoms with Crippen LogP contribution < -0.4 is 5.32 Å². The summed E-state index contributed by atoms with van der Waals surface area (Å²) in [7, 11) is 0. The minimum Gasteiger partial charge on any atom is -0.303 e. The molecule has 0 radical (unpaired) electrons. The molecule has 0 fully saturated rings. The average Bonchev–Trinajstić information content (AvgIpc) is 2.14. The maximum Gasteiger partial charge on any atom is 0.156 e. The summed E-state index contributed by atoms with van der Waals surface area (Å²) in [6.45, 7) is 8.08. The van der Waals surface area contributed by atoms with E-state index in [2.05, 4.69) is 26.1 Å². The number of carbonyl (C=O) groups excluding carboxylic acids is 1. The van der Waals surface area contributed by atoms with Crippen LogP contribution in [0, 0.1) is 5.92 Å². The molecule has 2 nitrogen and oxygen atoms in total. The fourth-order valence-corrected chi connectivity index (χ4v) is 2.12. The molecule has 1 N–H and O–H groups in total. The molecule has 0 aliphatic heterocycles. The molecule has 90 valence electrons. The number of rotatable bonds is 3. The van der Waals surface area contributed by atoms with Gasteiger partial charge in [-0.05, 0) is 40.2 Å². The summed E-state index contributed by atoms with van der Waals surface area (Å²) < 4.78 is 0. The van der Waals surface area contributed by atoms with Crippen LogP contribution in [0.1, 0.15) is 34.1 Å². The third-order valence-corrected chi connectivity index (χ3v) is 2.76. The lowest BCUT2D eigenvalue weighted by molar-refractivity contribution is -0.123. The molecule has 1 aliphatic carbocycles. The van der Waals surface area contributed by atoms with E-state index in [1.807, 2.05) is 25.2 Å². The Labute approximate surface area is 103 Å². The first kappa shape index (κ1) is 13.5. The molecule has 0 spiro atoms. The van der Waals surface area contributed by atoms with Crippen LogP contribution in [0.2, 0.25) is 0 Å². The van der Waals surface area contributed by atoms with Crippen molar-refractivity contribution in [3.05, 3.63) is 23.3 Å². The summed E-state index contributed by atoms with van der Waals surface area (Å²) in [4.78, 5) is 12.1. The number of nitrogens with one attached hydrogen (secondary N) is 1. The van der Waals surface area contributed by atoms with Gasteiger partial charge in [0.25, 0.3) is 0 Å². The van der Waals surface area contributed by atoms with E-state index in [1.165, 1.54) is 0 Å². The minimum atomic E-state index is -0.141. The number of Topliss-reactive ketones (excluding diaryl/α,β-unsaturated/α-hetero) is 1. The first-order chi connectivity index (χ1) is 7.29. The zero-order valence-corrected chi connectivity index (χ0v) is 11.1. The maximum atomic E-state index is 12.1. The molecule has 3 heteroatoms. The molecule has 0 saturated carbocycles. The van der Waals surface area contributed by atoms with Gasteiger partial charge in [-0.3, -0.25) is 4.79 Å². The van der Waals surface area contributed by atoms with Crippen molar-refractivity contribution in [1.29, 1.82) is 0 Å². The molecular formula is C13H20ClNO. The zero-order valence-electron chi connectivity index (χ0n) is 10.4. The molecule has 0 amide bonds. The van der Waals surface area contributed by atoms with Crippen LogP contribution in [0.25, 0.3) is 0 Å². The smallest absolute Gasteiger partial charge is 0.156 e. The van der Waals surface area contributed by atoms with Gasteiger partial charge in [-0.1, -0.05) is 23.8 Å². The third kappa shape index (κ3) is 4.11. The summed E-state index contributed by atoms with van der Waals surface area (Å²) in [5, 5.41) is 4.04. The van der Waals surface area contributed by atoms with Crippen molar-refractivity contribution in [1.82, 2.24) is 5.32 Å². The van der Waals surface area contributed by atoms with E-state index in [1.54, 1.807) is 0 Å². The Hall–Kier alpha value is -0.600. The van der Waals surface area contributed by atoms with Crippen LogP contribution in [0.15, 0.2) is 23.3 Å². The highest BCUT2D eigenvalue weighted by atomic mass is 35.5. The first-order valence-electron chi connectivity index (χ1n) is 5.64. The second-order valence-corrected chi connectivity index (χ2v) is 5.81. The van der Waals surface area contributed by atoms with Gasteiger partial charge in [0, 0.05) is 16.5 Å². The number of allylic oxidation sites excluding steroid dienone is 4. The van der Waals surface area contributed by atoms with Crippen molar-refractivity contribution in [3.63, 3.8) is 0 Å². The fraction of sp³-hybridized carbons (Fsp3) is 0.615. The van der Waals surface area contributed by atoms with Crippen molar-refractivity contribution in [2.45, 2.75) is 45.7 Å². The Morgan fingerprint density at radius 1 is 1.56 bits per heavy atom. The molecule has 1 aliphatic rings. The highest BCUT2D eigenvalue weighted by molar-refractivity contribution is 6.30. The highest BCUT2D eigenvalue weighted by Gasteiger charge is 2.26. The van der Waals surface area contributed by atoms with Crippen molar-refractivity contribution in [2.75, 3.05) is 0 Å². The molecule has 1 rings (SSSR count). The zero-order chi connectivity index (χ0) is 12.3. The summed E-state index contributed by atoms with van der Waals surface area (Å²) >= 11 is 5.93. The maximum absolute atomic E-state index is 12.1. The second-order valence-electron chi connectivity index (χ2n) is 5.33. The molecule has 0 unspecified atom stereocenters. The number of hydrogen-bond acceptors (Lipinski definition) is 2. The fourth-order valence-electron chi connectivity index (χ4n) is 1.88. The number of halogens is 1. The molecule has 0 aromatic heterocycles. The van der Waals surface area contributed by atoms with E-state index in [-0.39, 0.29) is 23.3 Å². The highest BCUT2D eigenvalue weighted by Crippen LogP contribution is 2.23. The molecule has 16 heavy (non-hydrogen) atoms. The lowest BCUT2D eigenvalue weighted by atomic mass is 9.91. The Morgan fingerprint density at radius 3 is 2.69 bits per heavy atom. The van der Waals surface area contributed by atoms with Crippen LogP contribution in [0.5, 0.6) is 0 Å². The van der Waals surface area contributed by atoms with Crippen molar-refractivity contribution < 1.29 is 4.79 Å². The summed E-state index contributed by atoms with van der Waals surface area (Å²) in [5.41, 5.74) is -0.0485. The molecular weight excluding hydrogens is 222 g/mol. The molecule has 2 atom stereocenters. The Balaban J connectivity index is 2.59. The Kier molecular flexibility index (Phi) is 4.34. The predicted octanol–water partition coefficient (Wildman–Crippen LogP) is 3.03. The van der Waals surface area contributed by atoms with Crippen LogP contribution >= 0.6 is 11.6 Å². The number of ketones is 1. The van der Waals surface area contributed by atoms with E-state index in [0.29, 0.717) is 6.42 Å². The Morgan fingerprint density at radius 2 is 2.19 bits per heavy atom. The molecule has 0 saturated heterocycles. The lowest BCUT2D eigenvalue weighted by Crippen LogP contribution is -2.47. The standard InChI is InChI=1S/C13H20ClNO/c1-9(15-13(2,3)4)12(16)10-6-5-7-11(14)8-10/h5-7,9-10,15H,8H2,1-4H3/t9-,10-/m0/s1. The first-order valence-corrected chi connectivity index (χ1v) is 6.01. The second kappa shape index (κ2) is 5.15. The van der Waals surface area contributed by atoms with Crippen molar-refractivity contribution in [2.24, 2.45) is 5.92 Å². The van der Waals surface area contributed by atoms with Gasteiger partial charge in [0.15, 0.2) is 5.78 Å². The minimum absolute atomic E-state index is 0.0485. The van der Waals surface area contributed by atoms with Crippen LogP contribution in [0.4, 0.5) is 0 Å². The number of hydrogen-bond donors (Lipinski definition) is 1. The summed E-state index contributed by atoms with van der Waals surface area (Å²) in [6, 6.07) is -0.141. The van der Waals surface area contributed by atoms with Gasteiger partial charge in [-0.15, -0.1) is 0 Å². The van der Waals surface area contributed by atoms with Gasteiger partial charge >= 0.3 is 0 Å². The van der Waals surface area contributed by atoms with Gasteiger partial charge in [0.1, 0.15) is 0 Å². The van der Waals surface area contributed by atoms with E-state index < -0.39 is 0 Å². The van der Waals surface area contributed by atoms with Gasteiger partial charge in [-0.2, -0.15) is 0 Å². The molecule has 0 bridgehead atoms. The van der Waals surface area contributed by atoms with Crippen molar-refractivity contribution in [3.8, 4) is 0 Å². The van der Waals surface area contributed by atoms with Crippen LogP contribution in [0.3, 0.4) is 0 Å². The summed E-state index contributed by atoms with van der Waals surface area (Å²) in [5.74, 6) is 0.125. The van der Waals surface area contributed by atoms with E-state index >= 15 is 0 Å². The van der Waals surface area contributed by atoms with E-state index in [0.717, 1.165) is 5.03 Å². The predicted molar refractivity (Wildman–Crippen MR) is 68.5 cm³/mol. The molecule has 0 aromatic carbocycles.